The molecule has 0 spiro atoms. The first-order chi connectivity index (χ1) is 11.3. The fourth-order valence-electron chi connectivity index (χ4n) is 2.54. The highest BCUT2D eigenvalue weighted by molar-refractivity contribution is 5.33. The molecule has 1 aliphatic rings. The number of nitrogens with zero attached hydrogens (tertiary/aromatic N) is 6. The highest BCUT2D eigenvalue weighted by Gasteiger charge is 2.34. The summed E-state index contributed by atoms with van der Waals surface area (Å²) >= 11 is 0. The van der Waals surface area contributed by atoms with E-state index in [1.165, 1.54) is 6.92 Å². The predicted molar refractivity (Wildman–Crippen MR) is 78.3 cm³/mol. The van der Waals surface area contributed by atoms with Gasteiger partial charge in [0, 0.05) is 31.9 Å². The van der Waals surface area contributed by atoms with Crippen LogP contribution in [0.2, 0.25) is 0 Å². The van der Waals surface area contributed by atoms with Crippen molar-refractivity contribution in [3.05, 3.63) is 29.2 Å². The molecule has 0 unspecified atom stereocenters. The van der Waals surface area contributed by atoms with Crippen LogP contribution in [0.3, 0.4) is 0 Å². The zero-order valence-corrected chi connectivity index (χ0v) is 13.3. The monoisotopic (exact) mass is 342 g/mol. The van der Waals surface area contributed by atoms with Gasteiger partial charge >= 0.3 is 6.18 Å². The summed E-state index contributed by atoms with van der Waals surface area (Å²) in [5.74, 6) is 1.24. The van der Waals surface area contributed by atoms with Crippen molar-refractivity contribution in [1.29, 1.82) is 0 Å². The number of halogens is 3. The molecule has 1 aliphatic heterocycles. The standard InChI is InChI=1S/C14H17F3N6O/c1-9-7-11(14(15,16)17)20-13(18-9)23-5-3-22(4-6-23)8-12-19-10(2)21-24-12/h7H,3-6,8H2,1-2H3. The third-order valence-electron chi connectivity index (χ3n) is 3.72. The van der Waals surface area contributed by atoms with Gasteiger partial charge in [0.15, 0.2) is 5.82 Å². The SMILES string of the molecule is Cc1cc(C(F)(F)F)nc(N2CCN(Cc3nc(C)no3)CC2)n1. The lowest BCUT2D eigenvalue weighted by Gasteiger charge is -2.34. The highest BCUT2D eigenvalue weighted by atomic mass is 19.4. The van der Waals surface area contributed by atoms with E-state index in [1.807, 2.05) is 0 Å². The molecular weight excluding hydrogens is 325 g/mol. The fraction of sp³-hybridized carbons (Fsp3) is 0.571. The van der Waals surface area contributed by atoms with Gasteiger partial charge in [-0.25, -0.2) is 9.97 Å². The van der Waals surface area contributed by atoms with Gasteiger partial charge in [-0.15, -0.1) is 0 Å². The van der Waals surface area contributed by atoms with Crippen LogP contribution in [0, 0.1) is 13.8 Å². The first kappa shape index (κ1) is 16.6. The van der Waals surface area contributed by atoms with Gasteiger partial charge in [-0.1, -0.05) is 5.16 Å². The molecule has 1 saturated heterocycles. The predicted octanol–water partition coefficient (Wildman–Crippen LogP) is 1.82. The Balaban J connectivity index is 1.65. The summed E-state index contributed by atoms with van der Waals surface area (Å²) in [6.45, 7) is 6.19. The minimum atomic E-state index is -4.47. The molecule has 0 amide bonds. The van der Waals surface area contributed by atoms with Gasteiger partial charge < -0.3 is 9.42 Å². The molecule has 3 rings (SSSR count). The summed E-state index contributed by atoms with van der Waals surface area (Å²) in [7, 11) is 0. The first-order valence-electron chi connectivity index (χ1n) is 7.50. The van der Waals surface area contributed by atoms with E-state index in [4.69, 9.17) is 4.52 Å². The molecule has 0 aliphatic carbocycles. The Morgan fingerprint density at radius 1 is 1.08 bits per heavy atom. The molecule has 2 aromatic heterocycles. The van der Waals surface area contributed by atoms with Crippen molar-refractivity contribution in [1.82, 2.24) is 25.0 Å². The molecule has 2 aromatic rings. The van der Waals surface area contributed by atoms with Crippen LogP contribution in [0.4, 0.5) is 19.1 Å². The van der Waals surface area contributed by atoms with E-state index in [-0.39, 0.29) is 5.95 Å². The van der Waals surface area contributed by atoms with E-state index < -0.39 is 11.9 Å². The minimum absolute atomic E-state index is 0.121. The number of hydrogen-bond acceptors (Lipinski definition) is 7. The molecule has 0 radical (unpaired) electrons. The number of alkyl halides is 3. The van der Waals surface area contributed by atoms with Crippen molar-refractivity contribution in [2.24, 2.45) is 0 Å². The molecule has 7 nitrogen and oxygen atoms in total. The van der Waals surface area contributed by atoms with Crippen LogP contribution in [-0.2, 0) is 12.7 Å². The molecule has 0 saturated carbocycles. The summed E-state index contributed by atoms with van der Waals surface area (Å²) in [6.07, 6.45) is -4.47. The Morgan fingerprint density at radius 3 is 2.38 bits per heavy atom. The lowest BCUT2D eigenvalue weighted by atomic mass is 10.3. The van der Waals surface area contributed by atoms with E-state index in [0.717, 1.165) is 6.07 Å². The molecule has 0 aromatic carbocycles. The van der Waals surface area contributed by atoms with Crippen molar-refractivity contribution in [2.45, 2.75) is 26.6 Å². The van der Waals surface area contributed by atoms with Crippen LogP contribution in [-0.4, -0.2) is 51.2 Å². The number of anilines is 1. The Morgan fingerprint density at radius 2 is 1.79 bits per heavy atom. The second kappa shape index (κ2) is 6.34. The molecular formula is C14H17F3N6O. The van der Waals surface area contributed by atoms with E-state index in [2.05, 4.69) is 25.0 Å². The van der Waals surface area contributed by atoms with Crippen LogP contribution in [0.25, 0.3) is 0 Å². The van der Waals surface area contributed by atoms with Crippen molar-refractivity contribution in [3.8, 4) is 0 Å². The van der Waals surface area contributed by atoms with Crippen molar-refractivity contribution in [2.75, 3.05) is 31.1 Å². The maximum Gasteiger partial charge on any atom is 0.433 e. The topological polar surface area (TPSA) is 71.2 Å². The molecule has 0 N–H and O–H groups in total. The van der Waals surface area contributed by atoms with Crippen LogP contribution in [0.15, 0.2) is 10.6 Å². The lowest BCUT2D eigenvalue weighted by molar-refractivity contribution is -0.141. The number of rotatable bonds is 3. The number of hydrogen-bond donors (Lipinski definition) is 0. The number of aryl methyl sites for hydroxylation is 2. The van der Waals surface area contributed by atoms with Gasteiger partial charge in [0.25, 0.3) is 0 Å². The Kier molecular flexibility index (Phi) is 4.39. The van der Waals surface area contributed by atoms with E-state index in [0.29, 0.717) is 50.1 Å². The summed E-state index contributed by atoms with van der Waals surface area (Å²) in [4.78, 5) is 15.8. The maximum absolute atomic E-state index is 12.9. The summed E-state index contributed by atoms with van der Waals surface area (Å²) in [6, 6.07) is 0.956. The molecule has 24 heavy (non-hydrogen) atoms. The van der Waals surface area contributed by atoms with Crippen LogP contribution < -0.4 is 4.90 Å². The van der Waals surface area contributed by atoms with Gasteiger partial charge in [0.1, 0.15) is 5.69 Å². The normalized spacial score (nSPS) is 16.6. The first-order valence-corrected chi connectivity index (χ1v) is 7.50. The van der Waals surface area contributed by atoms with Gasteiger partial charge in [0.2, 0.25) is 11.8 Å². The zero-order valence-electron chi connectivity index (χ0n) is 13.3. The van der Waals surface area contributed by atoms with Crippen LogP contribution >= 0.6 is 0 Å². The van der Waals surface area contributed by atoms with Crippen LogP contribution in [0.1, 0.15) is 23.1 Å². The van der Waals surface area contributed by atoms with E-state index in [1.54, 1.807) is 11.8 Å². The third-order valence-corrected chi connectivity index (χ3v) is 3.72. The van der Waals surface area contributed by atoms with E-state index >= 15 is 0 Å². The Labute approximate surface area is 136 Å². The Hall–Kier alpha value is -2.23. The number of piperazine rings is 1. The number of aromatic nitrogens is 4. The van der Waals surface area contributed by atoms with Crippen molar-refractivity contribution >= 4 is 5.95 Å². The highest BCUT2D eigenvalue weighted by Crippen LogP contribution is 2.29. The van der Waals surface area contributed by atoms with E-state index in [9.17, 15) is 13.2 Å². The second-order valence-corrected chi connectivity index (χ2v) is 5.69. The third kappa shape index (κ3) is 3.81. The zero-order chi connectivity index (χ0) is 17.3. The fourth-order valence-corrected chi connectivity index (χ4v) is 2.54. The smallest absolute Gasteiger partial charge is 0.338 e. The Bertz CT molecular complexity index is 709. The van der Waals surface area contributed by atoms with Crippen molar-refractivity contribution in [3.63, 3.8) is 0 Å². The quantitative estimate of drug-likeness (QED) is 0.842. The molecule has 1 fully saturated rings. The summed E-state index contributed by atoms with van der Waals surface area (Å²) in [5.41, 5.74) is -0.607. The molecule has 130 valence electrons. The van der Waals surface area contributed by atoms with Crippen LogP contribution in [0.5, 0.6) is 0 Å². The molecule has 0 atom stereocenters. The average molecular weight is 342 g/mol. The molecule has 10 heteroatoms. The minimum Gasteiger partial charge on any atom is -0.338 e. The largest absolute Gasteiger partial charge is 0.433 e. The van der Waals surface area contributed by atoms with Gasteiger partial charge in [-0.05, 0) is 19.9 Å². The van der Waals surface area contributed by atoms with Gasteiger partial charge in [0.05, 0.1) is 6.54 Å². The molecule has 3 heterocycles. The maximum atomic E-state index is 12.9. The van der Waals surface area contributed by atoms with Gasteiger partial charge in [-0.3, -0.25) is 4.90 Å². The van der Waals surface area contributed by atoms with Gasteiger partial charge in [-0.2, -0.15) is 18.2 Å². The lowest BCUT2D eigenvalue weighted by Crippen LogP contribution is -2.46. The summed E-state index contributed by atoms with van der Waals surface area (Å²) < 4.78 is 43.7. The molecule has 0 bridgehead atoms. The average Bonchev–Trinajstić information content (AvgIpc) is 2.91. The van der Waals surface area contributed by atoms with Crippen molar-refractivity contribution < 1.29 is 17.7 Å². The summed E-state index contributed by atoms with van der Waals surface area (Å²) in [5, 5.41) is 3.74. The second-order valence-electron chi connectivity index (χ2n) is 5.69.